The number of ether oxygens (including phenoxy) is 1. The molecule has 0 aliphatic carbocycles. The third-order valence-electron chi connectivity index (χ3n) is 3.05. The van der Waals surface area contributed by atoms with Gasteiger partial charge in [0.05, 0.1) is 4.90 Å². The van der Waals surface area contributed by atoms with Crippen molar-refractivity contribution < 1.29 is 23.1 Å². The molecule has 1 atom stereocenters. The van der Waals surface area contributed by atoms with E-state index in [2.05, 4.69) is 4.72 Å². The molecule has 0 bridgehead atoms. The molecular weight excluding hydrogens is 318 g/mol. The zero-order valence-corrected chi connectivity index (χ0v) is 13.1. The molecule has 0 radical (unpaired) electrons. The molecule has 2 N–H and O–H groups in total. The molecular formula is C16H17NO5S. The first-order chi connectivity index (χ1) is 11.0. The molecule has 2 aromatic rings. The highest BCUT2D eigenvalue weighted by Gasteiger charge is 2.21. The third kappa shape index (κ3) is 5.08. The predicted molar refractivity (Wildman–Crippen MR) is 84.7 cm³/mol. The minimum atomic E-state index is -3.65. The lowest BCUT2D eigenvalue weighted by atomic mass is 10.2. The number of rotatable bonds is 8. The van der Waals surface area contributed by atoms with Crippen LogP contribution in [0.5, 0.6) is 5.75 Å². The first-order valence-electron chi connectivity index (χ1n) is 6.98. The van der Waals surface area contributed by atoms with E-state index < -0.39 is 22.1 Å². The summed E-state index contributed by atoms with van der Waals surface area (Å²) in [5, 5.41) is 9.18. The van der Waals surface area contributed by atoms with E-state index in [0.29, 0.717) is 5.75 Å². The van der Waals surface area contributed by atoms with Gasteiger partial charge in [0.1, 0.15) is 5.75 Å². The summed E-state index contributed by atoms with van der Waals surface area (Å²) >= 11 is 0. The van der Waals surface area contributed by atoms with E-state index >= 15 is 0 Å². The maximum Gasteiger partial charge on any atom is 0.344 e. The Bertz CT molecular complexity index is 732. The average molecular weight is 335 g/mol. The van der Waals surface area contributed by atoms with Crippen molar-refractivity contribution in [2.75, 3.05) is 6.54 Å². The number of hydrogen-bond donors (Lipinski definition) is 2. The highest BCUT2D eigenvalue weighted by atomic mass is 32.2. The van der Waals surface area contributed by atoms with Gasteiger partial charge < -0.3 is 9.84 Å². The van der Waals surface area contributed by atoms with Crippen molar-refractivity contribution in [2.24, 2.45) is 0 Å². The molecule has 1 unspecified atom stereocenters. The van der Waals surface area contributed by atoms with E-state index in [-0.39, 0.29) is 17.9 Å². The second kappa shape index (κ2) is 7.75. The smallest absolute Gasteiger partial charge is 0.344 e. The number of benzene rings is 2. The van der Waals surface area contributed by atoms with Gasteiger partial charge in [0.25, 0.3) is 0 Å². The fourth-order valence-corrected chi connectivity index (χ4v) is 2.97. The molecule has 122 valence electrons. The molecule has 0 saturated heterocycles. The fraction of sp³-hybridized carbons (Fsp3) is 0.188. The van der Waals surface area contributed by atoms with Crippen LogP contribution in [0.2, 0.25) is 0 Å². The number of sulfonamides is 1. The van der Waals surface area contributed by atoms with Crippen molar-refractivity contribution in [3.63, 3.8) is 0 Å². The Morgan fingerprint density at radius 3 is 2.17 bits per heavy atom. The molecule has 0 aliphatic heterocycles. The standard InChI is InChI=1S/C16H17NO5S/c18-16(19)15(22-13-7-3-1-4-8-13)11-12-17-23(20,21)14-9-5-2-6-10-14/h1-10,15,17H,11-12H2,(H,18,19). The van der Waals surface area contributed by atoms with Crippen molar-refractivity contribution in [1.29, 1.82) is 0 Å². The first kappa shape index (κ1) is 17.0. The molecule has 2 aromatic carbocycles. The second-order valence-corrected chi connectivity index (χ2v) is 6.52. The van der Waals surface area contributed by atoms with Crippen LogP contribution < -0.4 is 9.46 Å². The largest absolute Gasteiger partial charge is 0.479 e. The first-order valence-corrected chi connectivity index (χ1v) is 8.46. The second-order valence-electron chi connectivity index (χ2n) is 4.76. The summed E-state index contributed by atoms with van der Waals surface area (Å²) in [4.78, 5) is 11.4. The van der Waals surface area contributed by atoms with Crippen molar-refractivity contribution in [3.8, 4) is 5.75 Å². The molecule has 2 rings (SSSR count). The molecule has 0 aromatic heterocycles. The van der Waals surface area contributed by atoms with E-state index in [4.69, 9.17) is 4.74 Å². The lowest BCUT2D eigenvalue weighted by molar-refractivity contribution is -0.145. The molecule has 23 heavy (non-hydrogen) atoms. The van der Waals surface area contributed by atoms with E-state index in [1.807, 2.05) is 0 Å². The number of para-hydroxylation sites is 1. The minimum absolute atomic E-state index is 0.0102. The summed E-state index contributed by atoms with van der Waals surface area (Å²) in [6, 6.07) is 16.4. The van der Waals surface area contributed by atoms with Crippen LogP contribution in [0.15, 0.2) is 65.6 Å². The minimum Gasteiger partial charge on any atom is -0.479 e. The normalized spacial score (nSPS) is 12.5. The quantitative estimate of drug-likeness (QED) is 0.768. The van der Waals surface area contributed by atoms with Crippen molar-refractivity contribution >= 4 is 16.0 Å². The van der Waals surface area contributed by atoms with Crippen LogP contribution in [0.25, 0.3) is 0 Å². The zero-order chi connectivity index (χ0) is 16.7. The Labute approximate surface area is 134 Å². The lowest BCUT2D eigenvalue weighted by Gasteiger charge is -2.15. The summed E-state index contributed by atoms with van der Waals surface area (Å²) in [6.07, 6.45) is -1.12. The van der Waals surface area contributed by atoms with E-state index in [1.165, 1.54) is 12.1 Å². The zero-order valence-electron chi connectivity index (χ0n) is 12.3. The number of nitrogens with one attached hydrogen (secondary N) is 1. The Balaban J connectivity index is 1.93. The van der Waals surface area contributed by atoms with Gasteiger partial charge in [-0.3, -0.25) is 0 Å². The summed E-state index contributed by atoms with van der Waals surface area (Å²) in [5.41, 5.74) is 0. The Morgan fingerprint density at radius 2 is 1.61 bits per heavy atom. The van der Waals surface area contributed by atoms with Gasteiger partial charge >= 0.3 is 5.97 Å². The Kier molecular flexibility index (Phi) is 5.72. The predicted octanol–water partition coefficient (Wildman–Crippen LogP) is 1.89. The monoisotopic (exact) mass is 335 g/mol. The molecule has 0 amide bonds. The number of hydrogen-bond acceptors (Lipinski definition) is 4. The number of aliphatic carboxylic acids is 1. The Morgan fingerprint density at radius 1 is 1.04 bits per heavy atom. The summed E-state index contributed by atoms with van der Waals surface area (Å²) in [6.45, 7) is -0.0406. The van der Waals surface area contributed by atoms with Crippen LogP contribution in [0.4, 0.5) is 0 Å². The molecule has 0 spiro atoms. The number of carboxylic acid groups (broad SMARTS) is 1. The number of carbonyl (C=O) groups is 1. The molecule has 6 nitrogen and oxygen atoms in total. The van der Waals surface area contributed by atoms with Gasteiger partial charge in [-0.05, 0) is 24.3 Å². The van der Waals surface area contributed by atoms with Gasteiger partial charge in [-0.2, -0.15) is 0 Å². The van der Waals surface area contributed by atoms with Gasteiger partial charge in [-0.15, -0.1) is 0 Å². The maximum atomic E-state index is 12.0. The van der Waals surface area contributed by atoms with Crippen molar-refractivity contribution in [2.45, 2.75) is 17.4 Å². The molecule has 0 saturated carbocycles. The van der Waals surface area contributed by atoms with Crippen molar-refractivity contribution in [1.82, 2.24) is 4.72 Å². The fourth-order valence-electron chi connectivity index (χ4n) is 1.90. The molecule has 0 heterocycles. The van der Waals surface area contributed by atoms with Gasteiger partial charge in [0, 0.05) is 13.0 Å². The summed E-state index contributed by atoms with van der Waals surface area (Å²) in [7, 11) is -3.65. The molecule has 7 heteroatoms. The van der Waals surface area contributed by atoms with Crippen LogP contribution in [0.3, 0.4) is 0 Å². The van der Waals surface area contributed by atoms with Crippen LogP contribution >= 0.6 is 0 Å². The highest BCUT2D eigenvalue weighted by molar-refractivity contribution is 7.89. The van der Waals surface area contributed by atoms with Gasteiger partial charge in [0.2, 0.25) is 10.0 Å². The van der Waals surface area contributed by atoms with E-state index in [0.717, 1.165) is 0 Å². The van der Waals surface area contributed by atoms with Gasteiger partial charge in [0.15, 0.2) is 6.10 Å². The summed E-state index contributed by atoms with van der Waals surface area (Å²) in [5.74, 6) is -0.724. The SMILES string of the molecule is O=C(O)C(CCNS(=O)(=O)c1ccccc1)Oc1ccccc1. The van der Waals surface area contributed by atoms with Crippen LogP contribution in [-0.4, -0.2) is 32.1 Å². The van der Waals surface area contributed by atoms with Crippen LogP contribution in [-0.2, 0) is 14.8 Å². The topological polar surface area (TPSA) is 92.7 Å². The molecule has 0 fully saturated rings. The van der Waals surface area contributed by atoms with Crippen LogP contribution in [0, 0.1) is 0 Å². The average Bonchev–Trinajstić information content (AvgIpc) is 2.55. The van der Waals surface area contributed by atoms with Crippen molar-refractivity contribution in [3.05, 3.63) is 60.7 Å². The van der Waals surface area contributed by atoms with E-state index in [1.54, 1.807) is 48.5 Å². The van der Waals surface area contributed by atoms with Gasteiger partial charge in [-0.25, -0.2) is 17.9 Å². The highest BCUT2D eigenvalue weighted by Crippen LogP contribution is 2.13. The summed E-state index contributed by atoms with van der Waals surface area (Å²) < 4.78 is 31.8. The van der Waals surface area contributed by atoms with Crippen LogP contribution in [0.1, 0.15) is 6.42 Å². The third-order valence-corrected chi connectivity index (χ3v) is 4.53. The van der Waals surface area contributed by atoms with Gasteiger partial charge in [-0.1, -0.05) is 36.4 Å². The van der Waals surface area contributed by atoms with E-state index in [9.17, 15) is 18.3 Å². The number of carboxylic acids is 1. The molecule has 0 aliphatic rings. The maximum absolute atomic E-state index is 12.0. The lowest BCUT2D eigenvalue weighted by Crippen LogP contribution is -2.33. The Hall–Kier alpha value is -2.38.